The normalized spacial score (nSPS) is 14.7. The Morgan fingerprint density at radius 3 is 2.38 bits per heavy atom. The number of anilines is 1. The number of hydrogen-bond acceptors (Lipinski definition) is 4. The number of likely N-dealkylation sites (tertiary alicyclic amines) is 1. The van der Waals surface area contributed by atoms with Crippen molar-refractivity contribution in [1.82, 2.24) is 4.90 Å². The minimum atomic E-state index is -4.01. The molecule has 1 aromatic heterocycles. The predicted molar refractivity (Wildman–Crippen MR) is 127 cm³/mol. The maximum Gasteiger partial charge on any atom is 0.289 e. The van der Waals surface area contributed by atoms with Gasteiger partial charge in [0.1, 0.15) is 4.90 Å². The van der Waals surface area contributed by atoms with Gasteiger partial charge < -0.3 is 9.32 Å². The summed E-state index contributed by atoms with van der Waals surface area (Å²) in [6.07, 6.45) is 3.04. The van der Waals surface area contributed by atoms with Crippen LogP contribution in [0.15, 0.2) is 33.6 Å². The largest absolute Gasteiger partial charge is 0.449 e. The summed E-state index contributed by atoms with van der Waals surface area (Å²) < 4.78 is 35.7. The van der Waals surface area contributed by atoms with Gasteiger partial charge in [0, 0.05) is 29.1 Å². The van der Waals surface area contributed by atoms with Crippen LogP contribution in [0, 0.1) is 27.7 Å². The predicted octanol–water partition coefficient (Wildman–Crippen LogP) is 5.75. The molecule has 0 aliphatic carbocycles. The van der Waals surface area contributed by atoms with E-state index in [-0.39, 0.29) is 22.1 Å². The topological polar surface area (TPSA) is 79.6 Å². The monoisotopic (exact) mass is 474 g/mol. The first kappa shape index (κ1) is 22.7. The summed E-state index contributed by atoms with van der Waals surface area (Å²) in [7, 11) is -4.01. The average molecular weight is 475 g/mol. The molecule has 1 amide bonds. The van der Waals surface area contributed by atoms with E-state index in [0.29, 0.717) is 40.3 Å². The molecule has 2 heterocycles. The minimum Gasteiger partial charge on any atom is -0.449 e. The Balaban J connectivity index is 1.86. The number of nitrogens with one attached hydrogen (secondary N) is 1. The van der Waals surface area contributed by atoms with Crippen LogP contribution in [0.1, 0.15) is 52.1 Å². The molecule has 1 aliphatic heterocycles. The van der Waals surface area contributed by atoms with Crippen LogP contribution in [-0.4, -0.2) is 32.3 Å². The Labute approximate surface area is 193 Å². The zero-order chi connectivity index (χ0) is 23.2. The summed E-state index contributed by atoms with van der Waals surface area (Å²) >= 11 is 6.08. The maximum atomic E-state index is 13.5. The van der Waals surface area contributed by atoms with Gasteiger partial charge in [0.15, 0.2) is 11.3 Å². The van der Waals surface area contributed by atoms with Gasteiger partial charge in [-0.05, 0) is 81.8 Å². The van der Waals surface area contributed by atoms with Gasteiger partial charge in [-0.25, -0.2) is 8.42 Å². The summed E-state index contributed by atoms with van der Waals surface area (Å²) in [4.78, 5) is 15.0. The first-order valence-corrected chi connectivity index (χ1v) is 12.6. The molecule has 0 unspecified atom stereocenters. The van der Waals surface area contributed by atoms with Crippen LogP contribution in [0.5, 0.6) is 0 Å². The van der Waals surface area contributed by atoms with E-state index in [1.807, 2.05) is 19.9 Å². The summed E-state index contributed by atoms with van der Waals surface area (Å²) in [5, 5.41) is 1.07. The summed E-state index contributed by atoms with van der Waals surface area (Å²) in [5.74, 6) is 0.0259. The van der Waals surface area contributed by atoms with Crippen molar-refractivity contribution in [2.75, 3.05) is 17.8 Å². The SMILES string of the molecule is Cc1ccc(Cl)cc1NS(=O)(=O)c1c(C)c(C)cc2c(C)c(C(=O)N3CCCCC3)oc12. The highest BCUT2D eigenvalue weighted by molar-refractivity contribution is 7.93. The summed E-state index contributed by atoms with van der Waals surface area (Å²) in [5.41, 5.74) is 3.40. The van der Waals surface area contributed by atoms with Crippen LogP contribution in [0.25, 0.3) is 11.0 Å². The fourth-order valence-electron chi connectivity index (χ4n) is 4.21. The van der Waals surface area contributed by atoms with E-state index in [4.69, 9.17) is 16.0 Å². The van der Waals surface area contributed by atoms with Crippen molar-refractivity contribution in [2.45, 2.75) is 51.9 Å². The zero-order valence-corrected chi connectivity index (χ0v) is 20.3. The smallest absolute Gasteiger partial charge is 0.289 e. The van der Waals surface area contributed by atoms with E-state index in [1.54, 1.807) is 36.9 Å². The number of furan rings is 1. The van der Waals surface area contributed by atoms with Gasteiger partial charge in [-0.1, -0.05) is 17.7 Å². The number of hydrogen-bond donors (Lipinski definition) is 1. The quantitative estimate of drug-likeness (QED) is 0.522. The number of sulfonamides is 1. The highest BCUT2D eigenvalue weighted by Crippen LogP contribution is 2.36. The van der Waals surface area contributed by atoms with Crippen LogP contribution in [0.3, 0.4) is 0 Å². The molecule has 0 atom stereocenters. The van der Waals surface area contributed by atoms with Gasteiger partial charge in [-0.15, -0.1) is 0 Å². The Morgan fingerprint density at radius 2 is 1.69 bits per heavy atom. The number of halogens is 1. The molecule has 170 valence electrons. The van der Waals surface area contributed by atoms with E-state index >= 15 is 0 Å². The molecule has 1 aliphatic rings. The van der Waals surface area contributed by atoms with Crippen LogP contribution in [0.4, 0.5) is 5.69 Å². The third kappa shape index (κ3) is 3.99. The van der Waals surface area contributed by atoms with Crippen LogP contribution in [-0.2, 0) is 10.0 Å². The van der Waals surface area contributed by atoms with Gasteiger partial charge in [0.25, 0.3) is 15.9 Å². The number of carbonyl (C=O) groups is 1. The maximum absolute atomic E-state index is 13.5. The highest BCUT2D eigenvalue weighted by Gasteiger charge is 2.30. The molecule has 1 saturated heterocycles. The zero-order valence-electron chi connectivity index (χ0n) is 18.7. The fraction of sp³-hybridized carbons (Fsp3) is 0.375. The molecule has 6 nitrogen and oxygen atoms in total. The van der Waals surface area contributed by atoms with Crippen molar-refractivity contribution < 1.29 is 17.6 Å². The molecule has 3 aromatic rings. The number of piperidine rings is 1. The highest BCUT2D eigenvalue weighted by atomic mass is 35.5. The van der Waals surface area contributed by atoms with E-state index in [0.717, 1.165) is 30.4 Å². The second kappa shape index (κ2) is 8.45. The van der Waals surface area contributed by atoms with Crippen molar-refractivity contribution in [3.8, 4) is 0 Å². The van der Waals surface area contributed by atoms with Gasteiger partial charge in [0.05, 0.1) is 5.69 Å². The van der Waals surface area contributed by atoms with Gasteiger partial charge in [-0.3, -0.25) is 9.52 Å². The lowest BCUT2D eigenvalue weighted by molar-refractivity contribution is 0.0693. The van der Waals surface area contributed by atoms with Crippen molar-refractivity contribution in [1.29, 1.82) is 0 Å². The summed E-state index contributed by atoms with van der Waals surface area (Å²) in [6, 6.07) is 6.93. The lowest BCUT2D eigenvalue weighted by Crippen LogP contribution is -2.35. The molecule has 1 N–H and O–H groups in total. The Bertz CT molecular complexity index is 1320. The third-order valence-electron chi connectivity index (χ3n) is 6.24. The van der Waals surface area contributed by atoms with Crippen LogP contribution < -0.4 is 4.72 Å². The molecule has 1 fully saturated rings. The number of fused-ring (bicyclic) bond motifs is 1. The number of benzene rings is 2. The second-order valence-corrected chi connectivity index (χ2v) is 10.6. The molecule has 2 aromatic carbocycles. The first-order chi connectivity index (χ1) is 15.1. The molecular weight excluding hydrogens is 448 g/mol. The Hall–Kier alpha value is -2.51. The molecule has 8 heteroatoms. The second-order valence-electron chi connectivity index (χ2n) is 8.50. The molecule has 0 radical (unpaired) electrons. The standard InChI is InChI=1S/C24H27ClN2O4S/c1-14-8-9-18(25)13-20(14)26-32(29,30)23-16(3)15(2)12-19-17(4)21(31-22(19)23)24(28)27-10-6-5-7-11-27/h8-9,12-13,26H,5-7,10-11H2,1-4H3. The number of aryl methyl sites for hydroxylation is 3. The molecular formula is C24H27ClN2O4S. The van der Waals surface area contributed by atoms with Gasteiger partial charge in [0.2, 0.25) is 0 Å². The van der Waals surface area contributed by atoms with E-state index in [1.165, 1.54) is 0 Å². The van der Waals surface area contributed by atoms with E-state index in [9.17, 15) is 13.2 Å². The number of rotatable bonds is 4. The van der Waals surface area contributed by atoms with Crippen LogP contribution in [0.2, 0.25) is 5.02 Å². The Kier molecular flexibility index (Phi) is 5.98. The van der Waals surface area contributed by atoms with Gasteiger partial charge >= 0.3 is 0 Å². The molecule has 0 spiro atoms. The first-order valence-electron chi connectivity index (χ1n) is 10.7. The minimum absolute atomic E-state index is 0.0488. The lowest BCUT2D eigenvalue weighted by Gasteiger charge is -2.25. The average Bonchev–Trinajstić information content (AvgIpc) is 3.07. The van der Waals surface area contributed by atoms with Crippen LogP contribution >= 0.6 is 11.6 Å². The Morgan fingerprint density at radius 1 is 1.00 bits per heavy atom. The molecule has 0 bridgehead atoms. The molecule has 4 rings (SSSR count). The lowest BCUT2D eigenvalue weighted by atomic mass is 10.0. The van der Waals surface area contributed by atoms with Gasteiger partial charge in [-0.2, -0.15) is 0 Å². The number of nitrogens with zero attached hydrogens (tertiary/aromatic N) is 1. The molecule has 0 saturated carbocycles. The van der Waals surface area contributed by atoms with Crippen molar-refractivity contribution >= 4 is 44.2 Å². The third-order valence-corrected chi connectivity index (χ3v) is 8.00. The number of amides is 1. The summed E-state index contributed by atoms with van der Waals surface area (Å²) in [6.45, 7) is 8.60. The van der Waals surface area contributed by atoms with Crippen molar-refractivity contribution in [3.05, 3.63) is 57.3 Å². The van der Waals surface area contributed by atoms with E-state index < -0.39 is 10.0 Å². The van der Waals surface area contributed by atoms with E-state index in [2.05, 4.69) is 4.72 Å². The van der Waals surface area contributed by atoms with Crippen molar-refractivity contribution in [2.24, 2.45) is 0 Å². The van der Waals surface area contributed by atoms with Crippen molar-refractivity contribution in [3.63, 3.8) is 0 Å². The molecule has 32 heavy (non-hydrogen) atoms. The number of carbonyl (C=O) groups excluding carboxylic acids is 1. The fourth-order valence-corrected chi connectivity index (χ4v) is 5.95.